The first kappa shape index (κ1) is 13.5. The minimum atomic E-state index is -0.154. The summed E-state index contributed by atoms with van der Waals surface area (Å²) in [6.45, 7) is 0.669. The van der Waals surface area contributed by atoms with Gasteiger partial charge in [-0.1, -0.05) is 23.2 Å². The van der Waals surface area contributed by atoms with Crippen LogP contribution in [0.5, 0.6) is 0 Å². The highest BCUT2D eigenvalue weighted by Crippen LogP contribution is 2.48. The molecule has 0 radical (unpaired) electrons. The first-order chi connectivity index (χ1) is 8.06. The summed E-state index contributed by atoms with van der Waals surface area (Å²) in [6, 6.07) is 1.60. The maximum absolute atomic E-state index is 11.9. The standard InChI is InChI=1S/C11H12Cl3NOS/c12-4-3-11(1-2-11)6-15-10(16)7-5-8(13)17-9(7)14/h5H,1-4,6H2,(H,15,16). The number of thiophene rings is 1. The minimum absolute atomic E-state index is 0.154. The van der Waals surface area contributed by atoms with Gasteiger partial charge in [-0.15, -0.1) is 22.9 Å². The summed E-state index contributed by atoms with van der Waals surface area (Å²) in [6.07, 6.45) is 3.23. The largest absolute Gasteiger partial charge is 0.351 e. The predicted octanol–water partition coefficient (Wildman–Crippen LogP) is 4.19. The van der Waals surface area contributed by atoms with Crippen LogP contribution in [0.3, 0.4) is 0 Å². The van der Waals surface area contributed by atoms with Crippen molar-refractivity contribution in [2.24, 2.45) is 5.41 Å². The Bertz CT molecular complexity index is 428. The molecule has 0 aromatic carbocycles. The number of halogens is 3. The highest BCUT2D eigenvalue weighted by molar-refractivity contribution is 7.20. The van der Waals surface area contributed by atoms with Crippen LogP contribution in [0.4, 0.5) is 0 Å². The van der Waals surface area contributed by atoms with Crippen molar-refractivity contribution in [3.8, 4) is 0 Å². The molecule has 6 heteroatoms. The normalized spacial score (nSPS) is 16.9. The number of hydrogen-bond donors (Lipinski definition) is 1. The fourth-order valence-corrected chi connectivity index (χ4v) is 3.61. The molecular weight excluding hydrogens is 301 g/mol. The Balaban J connectivity index is 1.92. The van der Waals surface area contributed by atoms with Crippen molar-refractivity contribution in [3.63, 3.8) is 0 Å². The van der Waals surface area contributed by atoms with E-state index in [-0.39, 0.29) is 11.3 Å². The van der Waals surface area contributed by atoms with E-state index < -0.39 is 0 Å². The van der Waals surface area contributed by atoms with Gasteiger partial charge in [-0.3, -0.25) is 4.79 Å². The highest BCUT2D eigenvalue weighted by atomic mass is 35.5. The van der Waals surface area contributed by atoms with E-state index in [1.54, 1.807) is 6.07 Å². The van der Waals surface area contributed by atoms with Crippen LogP contribution in [-0.2, 0) is 0 Å². The molecule has 0 saturated heterocycles. The van der Waals surface area contributed by atoms with Gasteiger partial charge < -0.3 is 5.32 Å². The van der Waals surface area contributed by atoms with E-state index in [1.165, 1.54) is 11.3 Å². The molecule has 1 aromatic rings. The van der Waals surface area contributed by atoms with Crippen molar-refractivity contribution in [2.75, 3.05) is 12.4 Å². The Kier molecular flexibility index (Phi) is 4.24. The average molecular weight is 313 g/mol. The van der Waals surface area contributed by atoms with Crippen molar-refractivity contribution in [3.05, 3.63) is 20.3 Å². The van der Waals surface area contributed by atoms with Crippen molar-refractivity contribution < 1.29 is 4.79 Å². The zero-order valence-electron chi connectivity index (χ0n) is 9.06. The fourth-order valence-electron chi connectivity index (χ4n) is 1.75. The van der Waals surface area contributed by atoms with Crippen LogP contribution < -0.4 is 5.32 Å². The van der Waals surface area contributed by atoms with Gasteiger partial charge in [0.1, 0.15) is 4.34 Å². The average Bonchev–Trinajstić information content (AvgIpc) is 2.95. The van der Waals surface area contributed by atoms with Crippen LogP contribution in [0.1, 0.15) is 29.6 Å². The minimum Gasteiger partial charge on any atom is -0.351 e. The number of hydrogen-bond acceptors (Lipinski definition) is 2. The third-order valence-electron chi connectivity index (χ3n) is 3.11. The van der Waals surface area contributed by atoms with Gasteiger partial charge in [-0.05, 0) is 30.7 Å². The smallest absolute Gasteiger partial charge is 0.253 e. The van der Waals surface area contributed by atoms with Crippen molar-refractivity contribution in [1.29, 1.82) is 0 Å². The van der Waals surface area contributed by atoms with Crippen molar-refractivity contribution in [2.45, 2.75) is 19.3 Å². The Morgan fingerprint density at radius 3 is 2.65 bits per heavy atom. The first-order valence-corrected chi connectivity index (χ1v) is 7.46. The third kappa shape index (κ3) is 3.28. The summed E-state index contributed by atoms with van der Waals surface area (Å²) in [7, 11) is 0. The summed E-state index contributed by atoms with van der Waals surface area (Å²) in [5.41, 5.74) is 0.687. The maximum Gasteiger partial charge on any atom is 0.253 e. The Morgan fingerprint density at radius 1 is 1.47 bits per heavy atom. The van der Waals surface area contributed by atoms with Gasteiger partial charge >= 0.3 is 0 Å². The molecule has 1 aromatic heterocycles. The van der Waals surface area contributed by atoms with E-state index in [0.717, 1.165) is 19.3 Å². The van der Waals surface area contributed by atoms with Gasteiger partial charge in [-0.2, -0.15) is 0 Å². The van der Waals surface area contributed by atoms with E-state index in [9.17, 15) is 4.79 Å². The van der Waals surface area contributed by atoms with Crippen LogP contribution in [0.25, 0.3) is 0 Å². The van der Waals surface area contributed by atoms with E-state index in [1.807, 2.05) is 0 Å². The number of alkyl halides is 1. The summed E-state index contributed by atoms with van der Waals surface area (Å²) >= 11 is 18.7. The number of rotatable bonds is 5. The van der Waals surface area contributed by atoms with E-state index in [4.69, 9.17) is 34.8 Å². The Labute approximate surface area is 119 Å². The lowest BCUT2D eigenvalue weighted by molar-refractivity contribution is 0.0945. The predicted molar refractivity (Wildman–Crippen MR) is 73.7 cm³/mol. The van der Waals surface area contributed by atoms with Crippen LogP contribution in [0.15, 0.2) is 6.07 Å². The first-order valence-electron chi connectivity index (χ1n) is 5.35. The molecule has 1 aliphatic carbocycles. The van der Waals surface area contributed by atoms with Gasteiger partial charge in [0.15, 0.2) is 0 Å². The summed E-state index contributed by atoms with van der Waals surface area (Å²) in [5, 5.41) is 2.91. The van der Waals surface area contributed by atoms with Gasteiger partial charge in [0, 0.05) is 12.4 Å². The zero-order chi connectivity index (χ0) is 12.5. The maximum atomic E-state index is 11.9. The molecule has 17 heavy (non-hydrogen) atoms. The molecule has 1 heterocycles. The number of carbonyl (C=O) groups excluding carboxylic acids is 1. The van der Waals surface area contributed by atoms with Gasteiger partial charge in [0.05, 0.1) is 9.90 Å². The van der Waals surface area contributed by atoms with E-state index >= 15 is 0 Å². The molecule has 1 N–H and O–H groups in total. The lowest BCUT2D eigenvalue weighted by Crippen LogP contribution is -2.30. The molecule has 2 nitrogen and oxygen atoms in total. The van der Waals surface area contributed by atoms with Gasteiger partial charge in [0.2, 0.25) is 0 Å². The molecule has 0 aliphatic heterocycles. The second-order valence-electron chi connectivity index (χ2n) is 4.36. The number of nitrogens with one attached hydrogen (secondary N) is 1. The Hall–Kier alpha value is 0.0400. The molecule has 94 valence electrons. The van der Waals surface area contributed by atoms with Crippen molar-refractivity contribution >= 4 is 52.0 Å². The molecule has 0 atom stereocenters. The second kappa shape index (κ2) is 5.35. The molecule has 1 amide bonds. The molecule has 1 aliphatic rings. The lowest BCUT2D eigenvalue weighted by Gasteiger charge is -2.14. The lowest BCUT2D eigenvalue weighted by atomic mass is 10.0. The molecule has 0 bridgehead atoms. The van der Waals surface area contributed by atoms with E-state index in [0.29, 0.717) is 26.7 Å². The van der Waals surface area contributed by atoms with Crippen LogP contribution in [-0.4, -0.2) is 18.3 Å². The molecule has 2 rings (SSSR count). The molecule has 1 fully saturated rings. The van der Waals surface area contributed by atoms with Gasteiger partial charge in [-0.25, -0.2) is 0 Å². The topological polar surface area (TPSA) is 29.1 Å². The molecule has 0 spiro atoms. The monoisotopic (exact) mass is 311 g/mol. The van der Waals surface area contributed by atoms with Crippen molar-refractivity contribution in [1.82, 2.24) is 5.32 Å². The quantitative estimate of drug-likeness (QED) is 0.811. The van der Waals surface area contributed by atoms with E-state index in [2.05, 4.69) is 5.32 Å². The SMILES string of the molecule is O=C(NCC1(CCCl)CC1)c1cc(Cl)sc1Cl. The second-order valence-corrected chi connectivity index (χ2v) is 7.02. The van der Waals surface area contributed by atoms with Crippen LogP contribution in [0.2, 0.25) is 8.67 Å². The summed E-state index contributed by atoms with van der Waals surface area (Å²) in [5.74, 6) is 0.486. The highest BCUT2D eigenvalue weighted by Gasteiger charge is 2.41. The third-order valence-corrected chi connectivity index (χ3v) is 4.78. The van der Waals surface area contributed by atoms with Gasteiger partial charge in [0.25, 0.3) is 5.91 Å². The molecule has 1 saturated carbocycles. The molecule has 0 unspecified atom stereocenters. The summed E-state index contributed by atoms with van der Waals surface area (Å²) in [4.78, 5) is 11.9. The fraction of sp³-hybridized carbons (Fsp3) is 0.545. The van der Waals surface area contributed by atoms with Crippen LogP contribution >= 0.6 is 46.1 Å². The summed E-state index contributed by atoms with van der Waals surface area (Å²) < 4.78 is 0.969. The molecular formula is C11H12Cl3NOS. The van der Waals surface area contributed by atoms with Crippen LogP contribution in [0, 0.1) is 5.41 Å². The Morgan fingerprint density at radius 2 is 2.18 bits per heavy atom. The zero-order valence-corrected chi connectivity index (χ0v) is 12.1. The number of amides is 1. The number of carbonyl (C=O) groups is 1.